The number of hydrogen-bond donors (Lipinski definition) is 1. The SMILES string of the molecule is CCCNc1ccc(C(=O)N(C)CC2CCC2)c(C)c1. The summed E-state index contributed by atoms with van der Waals surface area (Å²) in [5, 5.41) is 3.36. The van der Waals surface area contributed by atoms with Crippen molar-refractivity contribution in [2.45, 2.75) is 39.5 Å². The van der Waals surface area contributed by atoms with Crippen molar-refractivity contribution in [3.8, 4) is 0 Å². The third-order valence-electron chi connectivity index (χ3n) is 4.14. The fourth-order valence-corrected chi connectivity index (χ4v) is 2.63. The zero-order chi connectivity index (χ0) is 14.5. The number of rotatable bonds is 6. The Bertz CT molecular complexity index is 466. The molecule has 1 aromatic rings. The van der Waals surface area contributed by atoms with Crippen molar-refractivity contribution in [2.24, 2.45) is 5.92 Å². The molecule has 1 aliphatic carbocycles. The number of amides is 1. The second kappa shape index (κ2) is 6.78. The molecule has 110 valence electrons. The number of anilines is 1. The summed E-state index contributed by atoms with van der Waals surface area (Å²) in [5.74, 6) is 0.867. The zero-order valence-electron chi connectivity index (χ0n) is 12.9. The molecule has 0 saturated heterocycles. The molecule has 0 radical (unpaired) electrons. The van der Waals surface area contributed by atoms with E-state index in [-0.39, 0.29) is 5.91 Å². The molecule has 1 saturated carbocycles. The van der Waals surface area contributed by atoms with Gasteiger partial charge in [0.15, 0.2) is 0 Å². The molecule has 2 rings (SSSR count). The van der Waals surface area contributed by atoms with Crippen LogP contribution in [-0.2, 0) is 0 Å². The summed E-state index contributed by atoms with van der Waals surface area (Å²) < 4.78 is 0. The Morgan fingerprint density at radius 3 is 2.70 bits per heavy atom. The molecule has 0 spiro atoms. The van der Waals surface area contributed by atoms with Crippen molar-refractivity contribution >= 4 is 11.6 Å². The summed E-state index contributed by atoms with van der Waals surface area (Å²) in [4.78, 5) is 14.4. The summed E-state index contributed by atoms with van der Waals surface area (Å²) in [6.07, 6.45) is 4.97. The Kier molecular flexibility index (Phi) is 5.05. The minimum absolute atomic E-state index is 0.149. The van der Waals surface area contributed by atoms with E-state index in [1.807, 2.05) is 31.0 Å². The maximum absolute atomic E-state index is 12.5. The second-order valence-corrected chi connectivity index (χ2v) is 5.94. The maximum atomic E-state index is 12.5. The molecule has 1 amide bonds. The van der Waals surface area contributed by atoms with E-state index >= 15 is 0 Å². The first-order valence-corrected chi connectivity index (χ1v) is 7.71. The van der Waals surface area contributed by atoms with Crippen LogP contribution in [-0.4, -0.2) is 30.9 Å². The average molecular weight is 274 g/mol. The smallest absolute Gasteiger partial charge is 0.253 e. The minimum atomic E-state index is 0.149. The largest absolute Gasteiger partial charge is 0.385 e. The summed E-state index contributed by atoms with van der Waals surface area (Å²) in [6, 6.07) is 6.03. The van der Waals surface area contributed by atoms with Crippen molar-refractivity contribution in [3.63, 3.8) is 0 Å². The van der Waals surface area contributed by atoms with Crippen LogP contribution in [0.2, 0.25) is 0 Å². The third kappa shape index (κ3) is 3.53. The lowest BCUT2D eigenvalue weighted by molar-refractivity contribution is 0.0744. The summed E-state index contributed by atoms with van der Waals surface area (Å²) in [7, 11) is 1.92. The number of benzene rings is 1. The van der Waals surface area contributed by atoms with Crippen LogP contribution in [0.25, 0.3) is 0 Å². The van der Waals surface area contributed by atoms with Gasteiger partial charge >= 0.3 is 0 Å². The minimum Gasteiger partial charge on any atom is -0.385 e. The highest BCUT2D eigenvalue weighted by atomic mass is 16.2. The van der Waals surface area contributed by atoms with Gasteiger partial charge < -0.3 is 10.2 Å². The van der Waals surface area contributed by atoms with Crippen LogP contribution in [0.5, 0.6) is 0 Å². The molecule has 1 fully saturated rings. The van der Waals surface area contributed by atoms with Gasteiger partial charge in [-0.05, 0) is 55.9 Å². The Balaban J connectivity index is 2.01. The van der Waals surface area contributed by atoms with E-state index in [0.29, 0.717) is 0 Å². The fourth-order valence-electron chi connectivity index (χ4n) is 2.63. The molecular weight excluding hydrogens is 248 g/mol. The second-order valence-electron chi connectivity index (χ2n) is 5.94. The maximum Gasteiger partial charge on any atom is 0.253 e. The molecule has 0 unspecified atom stereocenters. The summed E-state index contributed by atoms with van der Waals surface area (Å²) in [5.41, 5.74) is 2.98. The normalized spacial score (nSPS) is 14.8. The molecule has 1 aromatic carbocycles. The predicted octanol–water partition coefficient (Wildman–Crippen LogP) is 3.69. The Morgan fingerprint density at radius 1 is 1.40 bits per heavy atom. The number of nitrogens with one attached hydrogen (secondary N) is 1. The van der Waals surface area contributed by atoms with Gasteiger partial charge in [0.1, 0.15) is 0 Å². The fraction of sp³-hybridized carbons (Fsp3) is 0.588. The zero-order valence-corrected chi connectivity index (χ0v) is 12.9. The lowest BCUT2D eigenvalue weighted by Crippen LogP contribution is -2.34. The molecule has 1 N–H and O–H groups in total. The molecular formula is C17H26N2O. The third-order valence-corrected chi connectivity index (χ3v) is 4.14. The van der Waals surface area contributed by atoms with Crippen LogP contribution < -0.4 is 5.32 Å². The topological polar surface area (TPSA) is 32.3 Å². The van der Waals surface area contributed by atoms with Gasteiger partial charge in [-0.3, -0.25) is 4.79 Å². The molecule has 0 atom stereocenters. The quantitative estimate of drug-likeness (QED) is 0.858. The first-order valence-electron chi connectivity index (χ1n) is 7.71. The van der Waals surface area contributed by atoms with Gasteiger partial charge in [0.05, 0.1) is 0 Å². The predicted molar refractivity (Wildman–Crippen MR) is 84.3 cm³/mol. The number of nitrogens with zero attached hydrogens (tertiary/aromatic N) is 1. The molecule has 0 bridgehead atoms. The standard InChI is InChI=1S/C17H26N2O/c1-4-10-18-15-8-9-16(13(2)11-15)17(20)19(3)12-14-6-5-7-14/h8-9,11,14,18H,4-7,10,12H2,1-3H3. The van der Waals surface area contributed by atoms with E-state index < -0.39 is 0 Å². The molecule has 0 heterocycles. The van der Waals surface area contributed by atoms with Crippen LogP contribution >= 0.6 is 0 Å². The Labute approximate surface area is 122 Å². The highest BCUT2D eigenvalue weighted by Crippen LogP contribution is 2.27. The first kappa shape index (κ1) is 14.9. The van der Waals surface area contributed by atoms with E-state index in [9.17, 15) is 4.79 Å². The van der Waals surface area contributed by atoms with Crippen molar-refractivity contribution in [1.29, 1.82) is 0 Å². The van der Waals surface area contributed by atoms with Crippen LogP contribution in [0, 0.1) is 12.8 Å². The Hall–Kier alpha value is -1.51. The van der Waals surface area contributed by atoms with Crippen molar-refractivity contribution in [3.05, 3.63) is 29.3 Å². The van der Waals surface area contributed by atoms with Crippen LogP contribution in [0.3, 0.4) is 0 Å². The molecule has 0 aromatic heterocycles. The van der Waals surface area contributed by atoms with Crippen molar-refractivity contribution in [1.82, 2.24) is 4.90 Å². The van der Waals surface area contributed by atoms with Gasteiger partial charge in [-0.1, -0.05) is 13.3 Å². The van der Waals surface area contributed by atoms with Crippen LogP contribution in [0.4, 0.5) is 5.69 Å². The number of carbonyl (C=O) groups is 1. The van der Waals surface area contributed by atoms with Crippen molar-refractivity contribution in [2.75, 3.05) is 25.5 Å². The van der Waals surface area contributed by atoms with E-state index in [1.165, 1.54) is 19.3 Å². The van der Waals surface area contributed by atoms with Gasteiger partial charge in [0.2, 0.25) is 0 Å². The molecule has 3 heteroatoms. The summed E-state index contributed by atoms with van der Waals surface area (Å²) >= 11 is 0. The van der Waals surface area contributed by atoms with Gasteiger partial charge in [0, 0.05) is 31.4 Å². The van der Waals surface area contributed by atoms with Gasteiger partial charge in [-0.25, -0.2) is 0 Å². The Morgan fingerprint density at radius 2 is 2.15 bits per heavy atom. The van der Waals surface area contributed by atoms with E-state index in [2.05, 4.69) is 18.3 Å². The highest BCUT2D eigenvalue weighted by Gasteiger charge is 2.22. The van der Waals surface area contributed by atoms with Crippen LogP contribution in [0.1, 0.15) is 48.5 Å². The van der Waals surface area contributed by atoms with Crippen LogP contribution in [0.15, 0.2) is 18.2 Å². The molecule has 20 heavy (non-hydrogen) atoms. The van der Waals surface area contributed by atoms with Crippen molar-refractivity contribution < 1.29 is 4.79 Å². The number of hydrogen-bond acceptors (Lipinski definition) is 2. The molecule has 0 aliphatic heterocycles. The number of aryl methyl sites for hydroxylation is 1. The summed E-state index contributed by atoms with van der Waals surface area (Å²) in [6.45, 7) is 6.02. The van der Waals surface area contributed by atoms with Gasteiger partial charge in [-0.15, -0.1) is 0 Å². The van der Waals surface area contributed by atoms with E-state index in [4.69, 9.17) is 0 Å². The first-order chi connectivity index (χ1) is 9.61. The lowest BCUT2D eigenvalue weighted by Gasteiger charge is -2.30. The lowest BCUT2D eigenvalue weighted by atomic mass is 9.85. The van der Waals surface area contributed by atoms with Gasteiger partial charge in [0.25, 0.3) is 5.91 Å². The van der Waals surface area contributed by atoms with Gasteiger partial charge in [-0.2, -0.15) is 0 Å². The number of carbonyl (C=O) groups excluding carboxylic acids is 1. The molecule has 1 aliphatic rings. The monoisotopic (exact) mass is 274 g/mol. The highest BCUT2D eigenvalue weighted by molar-refractivity contribution is 5.95. The van der Waals surface area contributed by atoms with E-state index in [0.717, 1.165) is 42.2 Å². The average Bonchev–Trinajstić information content (AvgIpc) is 2.39. The molecule has 3 nitrogen and oxygen atoms in total. The van der Waals surface area contributed by atoms with E-state index in [1.54, 1.807) is 0 Å².